The minimum Gasteiger partial charge on any atom is -0.311 e. The van der Waals surface area contributed by atoms with E-state index in [1.54, 1.807) is 0 Å². The zero-order chi connectivity index (χ0) is 32.6. The molecule has 3 aromatic heterocycles. The largest absolute Gasteiger partial charge is 0.311 e. The van der Waals surface area contributed by atoms with Gasteiger partial charge < -0.3 is 9.47 Å². The molecule has 0 N–H and O–H groups in total. The van der Waals surface area contributed by atoms with Crippen molar-refractivity contribution in [2.24, 2.45) is 0 Å². The Balaban J connectivity index is 1.13. The van der Waals surface area contributed by atoms with Crippen LogP contribution in [0.5, 0.6) is 0 Å². The van der Waals surface area contributed by atoms with Gasteiger partial charge in [-0.1, -0.05) is 84.9 Å². The molecule has 49 heavy (non-hydrogen) atoms. The first-order chi connectivity index (χ1) is 24.3. The first-order valence-electron chi connectivity index (χ1n) is 16.0. The highest BCUT2D eigenvalue weighted by molar-refractivity contribution is 6.09. The van der Waals surface area contributed by atoms with Gasteiger partial charge in [0.05, 0.1) is 11.0 Å². The Morgan fingerprint density at radius 3 is 1.47 bits per heavy atom. The van der Waals surface area contributed by atoms with Crippen LogP contribution in [-0.2, 0) is 0 Å². The van der Waals surface area contributed by atoms with Crippen LogP contribution in [0.2, 0.25) is 0 Å². The van der Waals surface area contributed by atoms with Crippen molar-refractivity contribution in [1.82, 2.24) is 34.3 Å². The average Bonchev–Trinajstić information content (AvgIpc) is 3.77. The highest BCUT2D eigenvalue weighted by Gasteiger charge is 2.20. The number of rotatable bonds is 7. The summed E-state index contributed by atoms with van der Waals surface area (Å²) in [6.45, 7) is 0. The van der Waals surface area contributed by atoms with Gasteiger partial charge in [-0.15, -0.1) is 10.2 Å². The molecule has 0 bridgehead atoms. The minimum absolute atomic E-state index is 0.447. The monoisotopic (exact) mass is 632 g/mol. The molecule has 3 heterocycles. The standard InChI is InChI=1S/C41H28N8/c1-3-11-29(12-4-1)40-45-46-41(39-43-27-42-28-44-39)49(40)34-25-21-32(22-26-34)47(30-13-5-2-6-14-30)31-19-23-33(24-20-31)48-37-17-9-7-15-35(37)36-16-8-10-18-38(36)48/h1-28H. The maximum Gasteiger partial charge on any atom is 0.206 e. The fraction of sp³-hybridized carbons (Fsp3) is 0. The summed E-state index contributed by atoms with van der Waals surface area (Å²) in [5.74, 6) is 1.68. The Morgan fingerprint density at radius 1 is 0.408 bits per heavy atom. The molecule has 0 radical (unpaired) electrons. The maximum atomic E-state index is 4.56. The van der Waals surface area contributed by atoms with Crippen LogP contribution in [0.1, 0.15) is 0 Å². The van der Waals surface area contributed by atoms with Crippen LogP contribution in [0.15, 0.2) is 170 Å². The van der Waals surface area contributed by atoms with Crippen LogP contribution >= 0.6 is 0 Å². The van der Waals surface area contributed by atoms with Crippen LogP contribution in [0.25, 0.3) is 56.2 Å². The molecule has 9 aromatic rings. The van der Waals surface area contributed by atoms with Crippen molar-refractivity contribution in [1.29, 1.82) is 0 Å². The minimum atomic E-state index is 0.447. The van der Waals surface area contributed by atoms with E-state index in [1.807, 2.05) is 41.0 Å². The summed E-state index contributed by atoms with van der Waals surface area (Å²) >= 11 is 0. The van der Waals surface area contributed by atoms with Gasteiger partial charge in [0.15, 0.2) is 5.82 Å². The topological polar surface area (TPSA) is 77.5 Å². The van der Waals surface area contributed by atoms with Crippen molar-refractivity contribution in [3.05, 3.63) is 170 Å². The van der Waals surface area contributed by atoms with E-state index in [1.165, 1.54) is 34.5 Å². The second-order valence-electron chi connectivity index (χ2n) is 11.6. The maximum absolute atomic E-state index is 4.56. The number of aromatic nitrogens is 7. The van der Waals surface area contributed by atoms with Crippen molar-refractivity contribution >= 4 is 38.9 Å². The Hall–Kier alpha value is -6.93. The van der Waals surface area contributed by atoms with Gasteiger partial charge in [-0.3, -0.25) is 4.57 Å². The number of fused-ring (bicyclic) bond motifs is 3. The lowest BCUT2D eigenvalue weighted by atomic mass is 10.1. The highest BCUT2D eigenvalue weighted by atomic mass is 15.3. The molecule has 0 atom stereocenters. The van der Waals surface area contributed by atoms with Gasteiger partial charge in [0.1, 0.15) is 12.7 Å². The van der Waals surface area contributed by atoms with Crippen LogP contribution in [0.3, 0.4) is 0 Å². The fourth-order valence-corrected chi connectivity index (χ4v) is 6.53. The fourth-order valence-electron chi connectivity index (χ4n) is 6.53. The molecule has 0 amide bonds. The SMILES string of the molecule is c1ccc(-c2nnc(-c3ncncn3)n2-c2ccc(N(c3ccccc3)c3ccc(-n4c5ccccc5c5ccccc54)cc3)cc2)cc1. The number of hydrogen-bond acceptors (Lipinski definition) is 6. The van der Waals surface area contributed by atoms with Crippen molar-refractivity contribution in [3.63, 3.8) is 0 Å². The molecule has 8 heteroatoms. The number of hydrogen-bond donors (Lipinski definition) is 0. The molecule has 0 unspecified atom stereocenters. The lowest BCUT2D eigenvalue weighted by molar-refractivity contribution is 0.985. The molecule has 8 nitrogen and oxygen atoms in total. The molecule has 6 aromatic carbocycles. The summed E-state index contributed by atoms with van der Waals surface area (Å²) in [7, 11) is 0. The molecule has 0 spiro atoms. The lowest BCUT2D eigenvalue weighted by Crippen LogP contribution is -2.10. The molecule has 0 aliphatic rings. The van der Waals surface area contributed by atoms with Gasteiger partial charge in [0.25, 0.3) is 0 Å². The zero-order valence-electron chi connectivity index (χ0n) is 26.2. The van der Waals surface area contributed by atoms with Gasteiger partial charge in [0.2, 0.25) is 11.6 Å². The number of anilines is 3. The van der Waals surface area contributed by atoms with Gasteiger partial charge in [0, 0.05) is 44.8 Å². The summed E-state index contributed by atoms with van der Waals surface area (Å²) < 4.78 is 4.32. The van der Waals surface area contributed by atoms with Crippen LogP contribution in [0.4, 0.5) is 17.1 Å². The van der Waals surface area contributed by atoms with E-state index in [4.69, 9.17) is 0 Å². The van der Waals surface area contributed by atoms with E-state index >= 15 is 0 Å². The van der Waals surface area contributed by atoms with Crippen molar-refractivity contribution in [2.75, 3.05) is 4.90 Å². The Bertz CT molecular complexity index is 2410. The first-order valence-corrected chi connectivity index (χ1v) is 16.0. The number of para-hydroxylation sites is 3. The van der Waals surface area contributed by atoms with E-state index in [0.29, 0.717) is 17.5 Å². The molecule has 232 valence electrons. The van der Waals surface area contributed by atoms with Gasteiger partial charge in [-0.2, -0.15) is 0 Å². The van der Waals surface area contributed by atoms with E-state index in [-0.39, 0.29) is 0 Å². The van der Waals surface area contributed by atoms with Crippen molar-refractivity contribution in [3.8, 4) is 34.4 Å². The molecular weight excluding hydrogens is 605 g/mol. The van der Waals surface area contributed by atoms with Crippen LogP contribution in [0, 0.1) is 0 Å². The zero-order valence-corrected chi connectivity index (χ0v) is 26.2. The summed E-state index contributed by atoms with van der Waals surface area (Å²) in [6.07, 6.45) is 2.94. The molecule has 0 aliphatic heterocycles. The second-order valence-corrected chi connectivity index (χ2v) is 11.6. The van der Waals surface area contributed by atoms with Crippen molar-refractivity contribution < 1.29 is 0 Å². The summed E-state index contributed by atoms with van der Waals surface area (Å²) in [5, 5.41) is 11.6. The molecule has 0 saturated heterocycles. The van der Waals surface area contributed by atoms with Crippen molar-refractivity contribution in [2.45, 2.75) is 0 Å². The van der Waals surface area contributed by atoms with E-state index < -0.39 is 0 Å². The average molecular weight is 633 g/mol. The number of benzene rings is 6. The molecular formula is C41H28N8. The summed E-state index contributed by atoms with van der Waals surface area (Å²) in [6, 6.07) is 54.8. The predicted octanol–water partition coefficient (Wildman–Crippen LogP) is 9.35. The van der Waals surface area contributed by atoms with E-state index in [0.717, 1.165) is 34.0 Å². The Kier molecular flexibility index (Phi) is 6.94. The summed E-state index contributed by atoms with van der Waals surface area (Å²) in [5.41, 5.74) is 8.42. The van der Waals surface area contributed by atoms with Gasteiger partial charge >= 0.3 is 0 Å². The third-order valence-corrected chi connectivity index (χ3v) is 8.72. The van der Waals surface area contributed by atoms with E-state index in [9.17, 15) is 0 Å². The molecule has 0 aliphatic carbocycles. The molecule has 0 fully saturated rings. The van der Waals surface area contributed by atoms with Crippen LogP contribution < -0.4 is 4.90 Å². The lowest BCUT2D eigenvalue weighted by Gasteiger charge is -2.26. The third kappa shape index (κ3) is 4.99. The Labute approximate surface area is 282 Å². The normalized spacial score (nSPS) is 11.3. The van der Waals surface area contributed by atoms with Crippen LogP contribution in [-0.4, -0.2) is 34.3 Å². The molecule has 0 saturated carbocycles. The first kappa shape index (κ1) is 28.3. The second kappa shape index (κ2) is 12.0. The quantitative estimate of drug-likeness (QED) is 0.174. The van der Waals surface area contributed by atoms with Gasteiger partial charge in [-0.05, 0) is 72.8 Å². The predicted molar refractivity (Wildman–Crippen MR) is 195 cm³/mol. The number of nitrogens with zero attached hydrogens (tertiary/aromatic N) is 8. The third-order valence-electron chi connectivity index (χ3n) is 8.72. The Morgan fingerprint density at radius 2 is 0.878 bits per heavy atom. The van der Waals surface area contributed by atoms with E-state index in [2.05, 4.69) is 156 Å². The molecule has 9 rings (SSSR count). The summed E-state index contributed by atoms with van der Waals surface area (Å²) in [4.78, 5) is 15.0. The van der Waals surface area contributed by atoms with Gasteiger partial charge in [-0.25, -0.2) is 15.0 Å². The smallest absolute Gasteiger partial charge is 0.206 e. The highest BCUT2D eigenvalue weighted by Crippen LogP contribution is 2.37.